The Labute approximate surface area is 206 Å². The lowest BCUT2D eigenvalue weighted by atomic mass is 9.93. The number of hydrogen-bond donors (Lipinski definition) is 2. The van der Waals surface area contributed by atoms with E-state index in [0.29, 0.717) is 12.5 Å². The van der Waals surface area contributed by atoms with E-state index < -0.39 is 0 Å². The van der Waals surface area contributed by atoms with Crippen molar-refractivity contribution in [3.8, 4) is 11.5 Å². The minimum atomic E-state index is 0.102. The van der Waals surface area contributed by atoms with Crippen LogP contribution in [0.2, 0.25) is 5.02 Å². The van der Waals surface area contributed by atoms with Gasteiger partial charge in [-0.25, -0.2) is 0 Å². The average Bonchev–Trinajstić information content (AvgIpc) is 3.23. The zero-order chi connectivity index (χ0) is 23.8. The Morgan fingerprint density at radius 3 is 2.68 bits per heavy atom. The Morgan fingerprint density at radius 1 is 1.06 bits per heavy atom. The van der Waals surface area contributed by atoms with Crippen molar-refractivity contribution in [2.24, 2.45) is 0 Å². The number of methoxy groups -OCH3 is 1. The van der Waals surface area contributed by atoms with Crippen molar-refractivity contribution >= 4 is 22.5 Å². The summed E-state index contributed by atoms with van der Waals surface area (Å²) >= 11 is 6.39. The van der Waals surface area contributed by atoms with Crippen molar-refractivity contribution in [1.29, 1.82) is 0 Å². The van der Waals surface area contributed by atoms with E-state index in [9.17, 15) is 0 Å². The molecule has 1 aliphatic heterocycles. The Hall–Kier alpha value is -2.95. The fraction of sp³-hybridized carbons (Fsp3) is 0.310. The van der Waals surface area contributed by atoms with E-state index in [1.807, 2.05) is 25.1 Å². The minimum absolute atomic E-state index is 0.102. The van der Waals surface area contributed by atoms with E-state index in [4.69, 9.17) is 21.1 Å². The fourth-order valence-corrected chi connectivity index (χ4v) is 5.13. The largest absolute Gasteiger partial charge is 0.496 e. The average molecular weight is 475 g/mol. The van der Waals surface area contributed by atoms with Crippen LogP contribution in [0.5, 0.6) is 11.5 Å². The lowest BCUT2D eigenvalue weighted by Crippen LogP contribution is -2.30. The highest BCUT2D eigenvalue weighted by Gasteiger charge is 2.26. The lowest BCUT2D eigenvalue weighted by molar-refractivity contribution is 0.292. The third-order valence-electron chi connectivity index (χ3n) is 6.79. The number of aryl methyl sites for hydroxylation is 1. The van der Waals surface area contributed by atoms with Gasteiger partial charge in [0.2, 0.25) is 0 Å². The van der Waals surface area contributed by atoms with Crippen LogP contribution in [0.4, 0.5) is 0 Å². The van der Waals surface area contributed by atoms with Crippen LogP contribution in [0.3, 0.4) is 0 Å². The summed E-state index contributed by atoms with van der Waals surface area (Å²) in [7, 11) is 1.71. The maximum absolute atomic E-state index is 6.39. The molecule has 4 nitrogen and oxygen atoms in total. The number of rotatable bonds is 6. The van der Waals surface area contributed by atoms with Gasteiger partial charge in [0.1, 0.15) is 18.1 Å². The number of ether oxygens (including phenoxy) is 2. The third-order valence-corrected chi connectivity index (χ3v) is 7.20. The van der Waals surface area contributed by atoms with Gasteiger partial charge in [-0.1, -0.05) is 49.7 Å². The van der Waals surface area contributed by atoms with Gasteiger partial charge in [-0.05, 0) is 71.8 Å². The molecule has 5 heteroatoms. The molecule has 0 bridgehead atoms. The Kier molecular flexibility index (Phi) is 6.28. The molecule has 0 amide bonds. The quantitative estimate of drug-likeness (QED) is 0.314. The number of benzene rings is 3. The predicted octanol–water partition coefficient (Wildman–Crippen LogP) is 7.08. The highest BCUT2D eigenvalue weighted by Crippen LogP contribution is 2.36. The van der Waals surface area contributed by atoms with Crippen molar-refractivity contribution in [2.75, 3.05) is 13.7 Å². The van der Waals surface area contributed by atoms with Crippen LogP contribution in [0, 0.1) is 6.92 Å². The van der Waals surface area contributed by atoms with Crippen LogP contribution in [0.1, 0.15) is 59.3 Å². The van der Waals surface area contributed by atoms with Gasteiger partial charge in [-0.3, -0.25) is 0 Å². The number of aromatic amines is 1. The van der Waals surface area contributed by atoms with E-state index in [1.54, 1.807) is 7.11 Å². The minimum Gasteiger partial charge on any atom is -0.496 e. The first kappa shape index (κ1) is 22.8. The predicted molar refractivity (Wildman–Crippen MR) is 139 cm³/mol. The van der Waals surface area contributed by atoms with Gasteiger partial charge in [-0.2, -0.15) is 0 Å². The molecule has 5 rings (SSSR count). The summed E-state index contributed by atoms with van der Waals surface area (Å²) in [5.41, 5.74) is 8.20. The summed E-state index contributed by atoms with van der Waals surface area (Å²) in [6, 6.07) is 19.1. The number of fused-ring (bicyclic) bond motifs is 3. The number of para-hydroxylation sites is 1. The van der Waals surface area contributed by atoms with E-state index in [0.717, 1.165) is 46.2 Å². The van der Waals surface area contributed by atoms with Crippen LogP contribution in [0.15, 0.2) is 54.6 Å². The number of hydrogen-bond acceptors (Lipinski definition) is 3. The van der Waals surface area contributed by atoms with Gasteiger partial charge in [0.15, 0.2) is 0 Å². The second-order valence-corrected chi connectivity index (χ2v) is 9.76. The summed E-state index contributed by atoms with van der Waals surface area (Å²) in [6.07, 6.45) is 1.02. The van der Waals surface area contributed by atoms with Crippen molar-refractivity contribution in [1.82, 2.24) is 10.3 Å². The second-order valence-electron chi connectivity index (χ2n) is 9.35. The van der Waals surface area contributed by atoms with Gasteiger partial charge < -0.3 is 19.8 Å². The van der Waals surface area contributed by atoms with Crippen LogP contribution < -0.4 is 14.8 Å². The number of nitrogens with one attached hydrogen (secondary N) is 2. The SMILES string of the molecule is COc1ccc([C@H]2NCCc3c2[nH]c2ccccc32)cc1COc1cc(C)c(Cl)cc1C(C)C. The molecule has 2 N–H and O–H groups in total. The summed E-state index contributed by atoms with van der Waals surface area (Å²) in [5, 5.41) is 5.79. The zero-order valence-electron chi connectivity index (χ0n) is 20.2. The molecule has 0 spiro atoms. The van der Waals surface area contributed by atoms with E-state index in [1.165, 1.54) is 27.7 Å². The molecule has 0 saturated heterocycles. The van der Waals surface area contributed by atoms with Crippen LogP contribution >= 0.6 is 11.6 Å². The summed E-state index contributed by atoms with van der Waals surface area (Å²) < 4.78 is 12.0. The Balaban J connectivity index is 1.48. The van der Waals surface area contributed by atoms with Gasteiger partial charge in [0.25, 0.3) is 0 Å². The molecule has 1 aliphatic rings. The van der Waals surface area contributed by atoms with E-state index in [-0.39, 0.29) is 6.04 Å². The molecule has 3 aromatic carbocycles. The molecule has 4 aromatic rings. The first-order valence-corrected chi connectivity index (χ1v) is 12.3. The third kappa shape index (κ3) is 4.17. The maximum atomic E-state index is 6.39. The van der Waals surface area contributed by atoms with Crippen LogP contribution in [-0.4, -0.2) is 18.6 Å². The Bertz CT molecular complexity index is 1340. The van der Waals surface area contributed by atoms with E-state index >= 15 is 0 Å². The van der Waals surface area contributed by atoms with E-state index in [2.05, 4.69) is 60.5 Å². The van der Waals surface area contributed by atoms with Crippen molar-refractivity contribution in [3.05, 3.63) is 93.1 Å². The number of aromatic nitrogens is 1. The molecular formula is C29H31ClN2O2. The topological polar surface area (TPSA) is 46.3 Å². The summed E-state index contributed by atoms with van der Waals surface area (Å²) in [5.74, 6) is 2.01. The van der Waals surface area contributed by atoms with Crippen molar-refractivity contribution < 1.29 is 9.47 Å². The molecule has 2 heterocycles. The monoisotopic (exact) mass is 474 g/mol. The smallest absolute Gasteiger partial charge is 0.125 e. The molecule has 1 atom stereocenters. The van der Waals surface area contributed by atoms with Gasteiger partial charge in [0, 0.05) is 33.7 Å². The van der Waals surface area contributed by atoms with Crippen molar-refractivity contribution in [2.45, 2.75) is 45.8 Å². The molecule has 0 fully saturated rings. The number of halogens is 1. The first-order chi connectivity index (χ1) is 16.5. The molecular weight excluding hydrogens is 444 g/mol. The second kappa shape index (κ2) is 9.36. The highest BCUT2D eigenvalue weighted by atomic mass is 35.5. The standard InChI is InChI=1S/C29H31ClN2O2/c1-17(2)23-15-24(30)18(3)13-27(23)34-16-20-14-19(9-10-26(20)33-4)28-29-22(11-12-31-28)21-7-5-6-8-25(21)32-29/h5-10,13-15,17,28,31-32H,11-12,16H2,1-4H3/t28-/m1/s1. The molecule has 0 saturated carbocycles. The molecule has 176 valence electrons. The molecule has 0 unspecified atom stereocenters. The summed E-state index contributed by atoms with van der Waals surface area (Å²) in [6.45, 7) is 7.68. The van der Waals surface area contributed by atoms with Crippen molar-refractivity contribution in [3.63, 3.8) is 0 Å². The van der Waals surface area contributed by atoms with Gasteiger partial charge in [0.05, 0.1) is 13.2 Å². The maximum Gasteiger partial charge on any atom is 0.125 e. The zero-order valence-corrected chi connectivity index (χ0v) is 20.9. The summed E-state index contributed by atoms with van der Waals surface area (Å²) in [4.78, 5) is 3.66. The molecule has 1 aromatic heterocycles. The Morgan fingerprint density at radius 2 is 1.88 bits per heavy atom. The molecule has 0 radical (unpaired) electrons. The van der Waals surface area contributed by atoms with Gasteiger partial charge >= 0.3 is 0 Å². The first-order valence-electron chi connectivity index (χ1n) is 11.9. The fourth-order valence-electron chi connectivity index (χ4n) is 4.96. The number of H-pyrrole nitrogens is 1. The van der Waals surface area contributed by atoms with Crippen LogP contribution in [-0.2, 0) is 13.0 Å². The lowest BCUT2D eigenvalue weighted by Gasteiger charge is -2.26. The molecule has 0 aliphatic carbocycles. The molecule has 34 heavy (non-hydrogen) atoms. The van der Waals surface area contributed by atoms with Gasteiger partial charge in [-0.15, -0.1) is 0 Å². The normalized spacial score (nSPS) is 15.5. The van der Waals surface area contributed by atoms with Crippen LogP contribution in [0.25, 0.3) is 10.9 Å². The highest BCUT2D eigenvalue weighted by molar-refractivity contribution is 6.31.